The van der Waals surface area contributed by atoms with Gasteiger partial charge in [0, 0.05) is 18.7 Å². The maximum absolute atomic E-state index is 13.4. The summed E-state index contributed by atoms with van der Waals surface area (Å²) in [6, 6.07) is 11.4. The van der Waals surface area contributed by atoms with Crippen LogP contribution in [0.5, 0.6) is 0 Å². The first kappa shape index (κ1) is 19.1. The molecule has 0 unspecified atom stereocenters. The Labute approximate surface area is 175 Å². The molecule has 0 radical (unpaired) electrons. The summed E-state index contributed by atoms with van der Waals surface area (Å²) in [5.41, 5.74) is 1.02. The summed E-state index contributed by atoms with van der Waals surface area (Å²) in [7, 11) is -3.84. The molecule has 1 aromatic carbocycles. The van der Waals surface area contributed by atoms with Crippen LogP contribution in [0.4, 0.5) is 0 Å². The van der Waals surface area contributed by atoms with Crippen LogP contribution in [-0.2, 0) is 16.6 Å². The standard InChI is InChI=1S/C19H17N5O4S2/c25-18-9-8-14(16-6-3-11-29-16)20-23(18)12-13-4-2-10-24(13)30(26,27)17-7-1-5-15-19(17)22-28-21-15/h1,3,5-9,11,13H,2,4,10,12H2/t13-/m1/s1. The highest BCUT2D eigenvalue weighted by atomic mass is 32.2. The number of nitrogens with zero attached hydrogens (tertiary/aromatic N) is 5. The Balaban J connectivity index is 1.48. The van der Waals surface area contributed by atoms with Gasteiger partial charge in [-0.15, -0.1) is 11.3 Å². The molecule has 30 heavy (non-hydrogen) atoms. The largest absolute Gasteiger partial charge is 0.268 e. The number of fused-ring (bicyclic) bond motifs is 1. The van der Waals surface area contributed by atoms with Crippen molar-refractivity contribution in [2.75, 3.05) is 6.54 Å². The van der Waals surface area contributed by atoms with Gasteiger partial charge in [-0.1, -0.05) is 12.1 Å². The van der Waals surface area contributed by atoms with E-state index in [1.165, 1.54) is 32.5 Å². The minimum Gasteiger partial charge on any atom is -0.268 e. The van der Waals surface area contributed by atoms with Crippen molar-refractivity contribution in [3.63, 3.8) is 0 Å². The Hall–Kier alpha value is -2.89. The summed E-state index contributed by atoms with van der Waals surface area (Å²) in [5.74, 6) is 0. The second kappa shape index (κ2) is 7.42. The smallest absolute Gasteiger partial charge is 0.266 e. The van der Waals surface area contributed by atoms with Crippen molar-refractivity contribution in [3.05, 3.63) is 58.2 Å². The van der Waals surface area contributed by atoms with Gasteiger partial charge in [0.15, 0.2) is 5.52 Å². The Bertz CT molecular complexity index is 1360. The number of sulfonamides is 1. The molecule has 1 saturated heterocycles. The first-order chi connectivity index (χ1) is 14.5. The van der Waals surface area contributed by atoms with Crippen molar-refractivity contribution in [1.29, 1.82) is 0 Å². The average molecular weight is 444 g/mol. The predicted molar refractivity (Wildman–Crippen MR) is 111 cm³/mol. The second-order valence-corrected chi connectivity index (χ2v) is 9.82. The van der Waals surface area contributed by atoms with Crippen molar-refractivity contribution in [1.82, 2.24) is 24.4 Å². The quantitative estimate of drug-likeness (QED) is 0.465. The van der Waals surface area contributed by atoms with Gasteiger partial charge in [-0.2, -0.15) is 9.40 Å². The fourth-order valence-corrected chi connectivity index (χ4v) is 6.27. The zero-order chi connectivity index (χ0) is 20.7. The number of benzene rings is 1. The molecule has 1 atom stereocenters. The van der Waals surface area contributed by atoms with Gasteiger partial charge < -0.3 is 0 Å². The highest BCUT2D eigenvalue weighted by Crippen LogP contribution is 2.30. The lowest BCUT2D eigenvalue weighted by molar-refractivity contribution is 0.314. The highest BCUT2D eigenvalue weighted by Gasteiger charge is 2.37. The van der Waals surface area contributed by atoms with Crippen molar-refractivity contribution in [3.8, 4) is 10.6 Å². The highest BCUT2D eigenvalue weighted by molar-refractivity contribution is 7.89. The van der Waals surface area contributed by atoms with Gasteiger partial charge in [0.05, 0.1) is 11.4 Å². The van der Waals surface area contributed by atoms with Crippen LogP contribution >= 0.6 is 11.3 Å². The lowest BCUT2D eigenvalue weighted by Crippen LogP contribution is -2.40. The van der Waals surface area contributed by atoms with Gasteiger partial charge in [0.1, 0.15) is 16.1 Å². The molecule has 0 saturated carbocycles. The van der Waals surface area contributed by atoms with Crippen molar-refractivity contribution in [2.45, 2.75) is 30.3 Å². The van der Waals surface area contributed by atoms with Crippen LogP contribution in [0.15, 0.2) is 62.2 Å². The number of hydrogen-bond acceptors (Lipinski definition) is 8. The van der Waals surface area contributed by atoms with Gasteiger partial charge in [0.2, 0.25) is 10.0 Å². The summed E-state index contributed by atoms with van der Waals surface area (Å²) < 4.78 is 34.3. The molecule has 4 aromatic rings. The van der Waals surface area contributed by atoms with E-state index in [0.29, 0.717) is 30.6 Å². The van der Waals surface area contributed by atoms with Crippen LogP contribution in [0.3, 0.4) is 0 Å². The molecule has 1 fully saturated rings. The average Bonchev–Trinajstić information content (AvgIpc) is 3.50. The molecular weight excluding hydrogens is 426 g/mol. The minimum atomic E-state index is -3.84. The van der Waals surface area contributed by atoms with Crippen LogP contribution in [-0.4, -0.2) is 45.4 Å². The lowest BCUT2D eigenvalue weighted by Gasteiger charge is -2.24. The van der Waals surface area contributed by atoms with E-state index in [-0.39, 0.29) is 28.6 Å². The first-order valence-corrected chi connectivity index (χ1v) is 11.7. The lowest BCUT2D eigenvalue weighted by atomic mass is 10.2. The summed E-state index contributed by atoms with van der Waals surface area (Å²) in [6.07, 6.45) is 1.35. The summed E-state index contributed by atoms with van der Waals surface area (Å²) in [4.78, 5) is 13.4. The van der Waals surface area contributed by atoms with Gasteiger partial charge in [0.25, 0.3) is 5.56 Å². The molecule has 0 aliphatic carbocycles. The van der Waals surface area contributed by atoms with Crippen molar-refractivity contribution in [2.24, 2.45) is 0 Å². The molecule has 9 nitrogen and oxygen atoms in total. The fourth-order valence-electron chi connectivity index (χ4n) is 3.76. The van der Waals surface area contributed by atoms with Crippen LogP contribution in [0, 0.1) is 0 Å². The molecule has 4 heterocycles. The predicted octanol–water partition coefficient (Wildman–Crippen LogP) is 2.36. The van der Waals surface area contributed by atoms with E-state index >= 15 is 0 Å². The molecule has 0 bridgehead atoms. The second-order valence-electron chi connectivity index (χ2n) is 7.02. The minimum absolute atomic E-state index is 0.0563. The Morgan fingerprint density at radius 2 is 2.03 bits per heavy atom. The van der Waals surface area contributed by atoms with Gasteiger partial charge >= 0.3 is 0 Å². The fraction of sp³-hybridized carbons (Fsp3) is 0.263. The van der Waals surface area contributed by atoms with Crippen LogP contribution < -0.4 is 5.56 Å². The van der Waals surface area contributed by atoms with Crippen LogP contribution in [0.25, 0.3) is 21.6 Å². The summed E-state index contributed by atoms with van der Waals surface area (Å²) >= 11 is 1.53. The zero-order valence-electron chi connectivity index (χ0n) is 15.7. The monoisotopic (exact) mass is 443 g/mol. The van der Waals surface area contributed by atoms with Crippen LogP contribution in [0.2, 0.25) is 0 Å². The van der Waals surface area contributed by atoms with Gasteiger partial charge in [-0.05, 0) is 52.8 Å². The van der Waals surface area contributed by atoms with E-state index in [9.17, 15) is 13.2 Å². The molecule has 3 aromatic heterocycles. The van der Waals surface area contributed by atoms with Gasteiger partial charge in [-0.25, -0.2) is 17.7 Å². The third kappa shape index (κ3) is 3.24. The van der Waals surface area contributed by atoms with Gasteiger partial charge in [-0.3, -0.25) is 4.79 Å². The molecule has 154 valence electrons. The number of rotatable bonds is 5. The van der Waals surface area contributed by atoms with E-state index < -0.39 is 10.0 Å². The maximum atomic E-state index is 13.4. The Kier molecular flexibility index (Phi) is 4.72. The molecule has 1 aliphatic heterocycles. The first-order valence-electron chi connectivity index (χ1n) is 9.39. The van der Waals surface area contributed by atoms with E-state index in [1.807, 2.05) is 17.5 Å². The Morgan fingerprint density at radius 3 is 2.87 bits per heavy atom. The van der Waals surface area contributed by atoms with E-state index in [4.69, 9.17) is 4.63 Å². The molecular formula is C19H17N5O4S2. The third-order valence-electron chi connectivity index (χ3n) is 5.18. The number of thiophene rings is 1. The van der Waals surface area contributed by atoms with Crippen molar-refractivity contribution < 1.29 is 13.0 Å². The van der Waals surface area contributed by atoms with E-state index in [1.54, 1.807) is 18.2 Å². The molecule has 1 aliphatic rings. The Morgan fingerprint density at radius 1 is 1.13 bits per heavy atom. The van der Waals surface area contributed by atoms with E-state index in [0.717, 1.165) is 4.88 Å². The topological polar surface area (TPSA) is 111 Å². The molecule has 11 heteroatoms. The molecule has 5 rings (SSSR count). The molecule has 0 spiro atoms. The normalized spacial score (nSPS) is 17.7. The summed E-state index contributed by atoms with van der Waals surface area (Å²) in [6.45, 7) is 0.554. The zero-order valence-corrected chi connectivity index (χ0v) is 17.3. The third-order valence-corrected chi connectivity index (χ3v) is 8.06. The molecule has 0 amide bonds. The van der Waals surface area contributed by atoms with E-state index in [2.05, 4.69) is 15.4 Å². The SMILES string of the molecule is O=c1ccc(-c2cccs2)nn1C[C@H]1CCCN1S(=O)(=O)c1cccc2nonc12. The number of aromatic nitrogens is 4. The summed E-state index contributed by atoms with van der Waals surface area (Å²) in [5, 5.41) is 13.9. The number of hydrogen-bond donors (Lipinski definition) is 0. The van der Waals surface area contributed by atoms with Crippen molar-refractivity contribution >= 4 is 32.4 Å². The molecule has 0 N–H and O–H groups in total. The maximum Gasteiger partial charge on any atom is 0.266 e. The van der Waals surface area contributed by atoms with Crippen LogP contribution in [0.1, 0.15) is 12.8 Å².